The first kappa shape index (κ1) is 9.53. The fourth-order valence-corrected chi connectivity index (χ4v) is 1.97. The van der Waals surface area contributed by atoms with Crippen LogP contribution in [-0.2, 0) is 6.42 Å². The van der Waals surface area contributed by atoms with Crippen LogP contribution in [0.15, 0.2) is 24.3 Å². The molecule has 0 radical (unpaired) electrons. The van der Waals surface area contributed by atoms with Gasteiger partial charge in [-0.2, -0.15) is 0 Å². The topological polar surface area (TPSA) is 46.2 Å². The molecule has 0 heterocycles. The summed E-state index contributed by atoms with van der Waals surface area (Å²) in [4.78, 5) is 0. The monoisotopic (exact) mass is 191 g/mol. The summed E-state index contributed by atoms with van der Waals surface area (Å²) in [5, 5.41) is 9.16. The van der Waals surface area contributed by atoms with E-state index in [0.29, 0.717) is 11.2 Å². The molecule has 14 heavy (non-hydrogen) atoms. The molecule has 1 fully saturated rings. The van der Waals surface area contributed by atoms with Gasteiger partial charge in [-0.05, 0) is 49.3 Å². The van der Waals surface area contributed by atoms with Crippen LogP contribution in [0.5, 0.6) is 5.75 Å². The lowest BCUT2D eigenvalue weighted by Gasteiger charge is -2.19. The van der Waals surface area contributed by atoms with Crippen LogP contribution < -0.4 is 5.73 Å². The highest BCUT2D eigenvalue weighted by Crippen LogP contribution is 2.50. The van der Waals surface area contributed by atoms with Gasteiger partial charge in [-0.15, -0.1) is 0 Å². The average molecular weight is 191 g/mol. The van der Waals surface area contributed by atoms with Crippen LogP contribution in [0.25, 0.3) is 0 Å². The third-order valence-electron chi connectivity index (χ3n) is 3.35. The second-order valence-electron chi connectivity index (χ2n) is 4.49. The molecule has 0 aromatic heterocycles. The number of rotatable bonds is 3. The fraction of sp³-hybridized carbons (Fsp3) is 0.500. The van der Waals surface area contributed by atoms with Gasteiger partial charge in [0, 0.05) is 6.04 Å². The Balaban J connectivity index is 2.08. The lowest BCUT2D eigenvalue weighted by Crippen LogP contribution is -2.29. The van der Waals surface area contributed by atoms with Crippen molar-refractivity contribution in [2.75, 3.05) is 0 Å². The molecular formula is C12H17NO. The van der Waals surface area contributed by atoms with Crippen molar-refractivity contribution < 1.29 is 5.11 Å². The molecule has 3 N–H and O–H groups in total. The number of phenols is 1. The minimum Gasteiger partial charge on any atom is -0.508 e. The highest BCUT2D eigenvalue weighted by atomic mass is 16.3. The molecular weight excluding hydrogens is 174 g/mol. The zero-order valence-electron chi connectivity index (χ0n) is 8.53. The van der Waals surface area contributed by atoms with E-state index in [1.807, 2.05) is 12.1 Å². The molecule has 0 aliphatic heterocycles. The van der Waals surface area contributed by atoms with E-state index in [0.717, 1.165) is 6.42 Å². The van der Waals surface area contributed by atoms with Gasteiger partial charge in [-0.3, -0.25) is 0 Å². The number of hydrogen-bond acceptors (Lipinski definition) is 2. The maximum atomic E-state index is 9.16. The highest BCUT2D eigenvalue weighted by Gasteiger charge is 2.45. The molecule has 0 amide bonds. The molecule has 1 atom stereocenters. The highest BCUT2D eigenvalue weighted by molar-refractivity contribution is 5.27. The van der Waals surface area contributed by atoms with Crippen LogP contribution >= 0.6 is 0 Å². The van der Waals surface area contributed by atoms with E-state index in [2.05, 4.69) is 6.92 Å². The smallest absolute Gasteiger partial charge is 0.115 e. The van der Waals surface area contributed by atoms with Crippen molar-refractivity contribution in [3.05, 3.63) is 29.8 Å². The molecule has 1 aliphatic carbocycles. The Morgan fingerprint density at radius 3 is 2.36 bits per heavy atom. The summed E-state index contributed by atoms with van der Waals surface area (Å²) in [7, 11) is 0. The third kappa shape index (κ3) is 1.75. The lowest BCUT2D eigenvalue weighted by atomic mass is 9.90. The second-order valence-corrected chi connectivity index (χ2v) is 4.49. The number of aromatic hydroxyl groups is 1. The minimum atomic E-state index is 0.274. The molecule has 0 saturated heterocycles. The molecule has 2 rings (SSSR count). The Morgan fingerprint density at radius 1 is 1.36 bits per heavy atom. The third-order valence-corrected chi connectivity index (χ3v) is 3.35. The average Bonchev–Trinajstić information content (AvgIpc) is 2.90. The summed E-state index contributed by atoms with van der Waals surface area (Å²) in [6.45, 7) is 2.09. The van der Waals surface area contributed by atoms with Crippen LogP contribution in [0, 0.1) is 5.41 Å². The number of nitrogens with two attached hydrogens (primary N) is 1. The Hall–Kier alpha value is -1.02. The van der Waals surface area contributed by atoms with Gasteiger partial charge in [0.2, 0.25) is 0 Å². The van der Waals surface area contributed by atoms with Crippen LogP contribution in [0.4, 0.5) is 0 Å². The van der Waals surface area contributed by atoms with E-state index in [9.17, 15) is 0 Å². The first-order valence-corrected chi connectivity index (χ1v) is 5.16. The lowest BCUT2D eigenvalue weighted by molar-refractivity contribution is 0.418. The van der Waals surface area contributed by atoms with Crippen molar-refractivity contribution >= 4 is 0 Å². The van der Waals surface area contributed by atoms with Crippen molar-refractivity contribution in [3.8, 4) is 5.75 Å². The van der Waals surface area contributed by atoms with Crippen molar-refractivity contribution in [3.63, 3.8) is 0 Å². The van der Waals surface area contributed by atoms with Gasteiger partial charge in [0.25, 0.3) is 0 Å². The second kappa shape index (κ2) is 3.28. The molecule has 0 bridgehead atoms. The summed E-state index contributed by atoms with van der Waals surface area (Å²) in [5.74, 6) is 0.333. The van der Waals surface area contributed by atoms with Gasteiger partial charge in [0.05, 0.1) is 0 Å². The van der Waals surface area contributed by atoms with Gasteiger partial charge in [0.15, 0.2) is 0 Å². The maximum Gasteiger partial charge on any atom is 0.115 e. The summed E-state index contributed by atoms with van der Waals surface area (Å²) in [6.07, 6.45) is 3.53. The van der Waals surface area contributed by atoms with Crippen LogP contribution in [0.1, 0.15) is 25.3 Å². The van der Waals surface area contributed by atoms with E-state index in [-0.39, 0.29) is 6.04 Å². The number of phenolic OH excluding ortho intramolecular Hbond substituents is 1. The Kier molecular flexibility index (Phi) is 2.23. The first-order chi connectivity index (χ1) is 6.62. The molecule has 1 saturated carbocycles. The van der Waals surface area contributed by atoms with Crippen molar-refractivity contribution in [1.82, 2.24) is 0 Å². The van der Waals surface area contributed by atoms with Gasteiger partial charge in [0.1, 0.15) is 5.75 Å². The molecule has 1 aromatic carbocycles. The normalized spacial score (nSPS) is 20.4. The SMILES string of the molecule is CC(N)C1(Cc2ccc(O)cc2)CC1. The minimum absolute atomic E-state index is 0.274. The molecule has 1 aromatic rings. The predicted molar refractivity (Wildman–Crippen MR) is 57.1 cm³/mol. The van der Waals surface area contributed by atoms with Crippen molar-refractivity contribution in [2.24, 2.45) is 11.1 Å². The number of hydrogen-bond donors (Lipinski definition) is 2. The largest absolute Gasteiger partial charge is 0.508 e. The molecule has 2 nitrogen and oxygen atoms in total. The Bertz CT molecular complexity index is 312. The summed E-state index contributed by atoms with van der Waals surface area (Å²) in [6, 6.07) is 7.73. The quantitative estimate of drug-likeness (QED) is 0.768. The summed E-state index contributed by atoms with van der Waals surface area (Å²) >= 11 is 0. The molecule has 0 spiro atoms. The Labute approximate surface area is 84.7 Å². The van der Waals surface area contributed by atoms with E-state index in [1.165, 1.54) is 18.4 Å². The standard InChI is InChI=1S/C12H17NO/c1-9(13)12(6-7-12)8-10-2-4-11(14)5-3-10/h2-5,9,14H,6-8,13H2,1H3. The van der Waals surface area contributed by atoms with E-state index >= 15 is 0 Å². The summed E-state index contributed by atoms with van der Waals surface area (Å²) in [5.41, 5.74) is 7.58. The predicted octanol–water partition coefficient (Wildman–Crippen LogP) is 2.06. The van der Waals surface area contributed by atoms with Crippen LogP contribution in [0.3, 0.4) is 0 Å². The fourth-order valence-electron chi connectivity index (χ4n) is 1.97. The van der Waals surface area contributed by atoms with Crippen LogP contribution in [0.2, 0.25) is 0 Å². The molecule has 76 valence electrons. The molecule has 1 unspecified atom stereocenters. The zero-order chi connectivity index (χ0) is 10.2. The summed E-state index contributed by atoms with van der Waals surface area (Å²) < 4.78 is 0. The van der Waals surface area contributed by atoms with Gasteiger partial charge >= 0.3 is 0 Å². The molecule has 2 heteroatoms. The molecule has 1 aliphatic rings. The van der Waals surface area contributed by atoms with Crippen molar-refractivity contribution in [2.45, 2.75) is 32.2 Å². The van der Waals surface area contributed by atoms with Crippen LogP contribution in [-0.4, -0.2) is 11.1 Å². The number of benzene rings is 1. The zero-order valence-corrected chi connectivity index (χ0v) is 8.53. The first-order valence-electron chi connectivity index (χ1n) is 5.16. The van der Waals surface area contributed by atoms with E-state index < -0.39 is 0 Å². The van der Waals surface area contributed by atoms with E-state index in [1.54, 1.807) is 12.1 Å². The van der Waals surface area contributed by atoms with E-state index in [4.69, 9.17) is 10.8 Å². The maximum absolute atomic E-state index is 9.16. The van der Waals surface area contributed by atoms with Gasteiger partial charge < -0.3 is 10.8 Å². The van der Waals surface area contributed by atoms with Gasteiger partial charge in [-0.25, -0.2) is 0 Å². The van der Waals surface area contributed by atoms with Crippen molar-refractivity contribution in [1.29, 1.82) is 0 Å². The van der Waals surface area contributed by atoms with Gasteiger partial charge in [-0.1, -0.05) is 12.1 Å². The Morgan fingerprint density at radius 2 is 1.93 bits per heavy atom.